The third-order valence-electron chi connectivity index (χ3n) is 29.8. The fraction of sp³-hybridized carbons (Fsp3) is 0.688. The molecule has 3 spiro atoms. The number of rotatable bonds is 4. The molecular formula is C77H95NO9. The number of aliphatic hydroxyl groups excluding tert-OH is 2. The van der Waals surface area contributed by atoms with Crippen molar-refractivity contribution >= 4 is 12.3 Å². The van der Waals surface area contributed by atoms with Crippen LogP contribution in [0.15, 0.2) is 84.4 Å². The van der Waals surface area contributed by atoms with Crippen molar-refractivity contribution in [2.75, 3.05) is 7.05 Å². The van der Waals surface area contributed by atoms with Crippen LogP contribution in [0.1, 0.15) is 181 Å². The molecule has 87 heavy (non-hydrogen) atoms. The molecule has 25 atom stereocenters. The van der Waals surface area contributed by atoms with Gasteiger partial charge in [-0.25, -0.2) is 4.79 Å². The van der Waals surface area contributed by atoms with Gasteiger partial charge in [0, 0.05) is 57.6 Å². The monoisotopic (exact) mass is 1180 g/mol. The highest BCUT2D eigenvalue weighted by Crippen LogP contribution is 2.82. The Kier molecular flexibility index (Phi) is 13.2. The summed E-state index contributed by atoms with van der Waals surface area (Å²) in [5.74, 6) is 6.93. The molecule has 0 amide bonds. The first kappa shape index (κ1) is 56.8. The summed E-state index contributed by atoms with van der Waals surface area (Å²) in [4.78, 5) is 30.3. The van der Waals surface area contributed by atoms with Crippen molar-refractivity contribution in [2.24, 2.45) is 98.6 Å². The molecule has 18 rings (SSSR count). The molecule has 1 saturated heterocycles. The van der Waals surface area contributed by atoms with E-state index in [2.05, 4.69) is 84.7 Å². The molecule has 3 heterocycles. The lowest BCUT2D eigenvalue weighted by Gasteiger charge is -2.76. The number of likely N-dealkylation sites (N-methyl/N-ethyl adjacent to an activating group) is 1. The highest BCUT2D eigenvalue weighted by atomic mass is 16.5. The second kappa shape index (κ2) is 20.2. The van der Waals surface area contributed by atoms with Crippen LogP contribution < -0.4 is 5.32 Å². The molecule has 6 N–H and O–H groups in total. The molecule has 3 aromatic rings. The van der Waals surface area contributed by atoms with E-state index in [0.29, 0.717) is 75.0 Å². The van der Waals surface area contributed by atoms with Gasteiger partial charge in [-0.15, -0.1) is 0 Å². The van der Waals surface area contributed by atoms with Crippen LogP contribution >= 0.6 is 0 Å². The number of carbonyl (C=O) groups excluding carboxylic acids is 2. The van der Waals surface area contributed by atoms with E-state index in [-0.39, 0.29) is 78.7 Å². The zero-order valence-electron chi connectivity index (χ0n) is 51.6. The number of aldehydes is 1. The third kappa shape index (κ3) is 7.66. The van der Waals surface area contributed by atoms with E-state index in [4.69, 9.17) is 9.47 Å². The summed E-state index contributed by atoms with van der Waals surface area (Å²) in [6.07, 6.45) is 19.2. The van der Waals surface area contributed by atoms with Crippen molar-refractivity contribution < 1.29 is 44.6 Å². The minimum Gasteiger partial charge on any atom is -0.454 e. The second-order valence-electron chi connectivity index (χ2n) is 32.6. The van der Waals surface area contributed by atoms with E-state index >= 15 is 20.1 Å². The number of nitrogens with one attached hydrogen (secondary N) is 1. The lowest BCUT2D eigenvalue weighted by molar-refractivity contribution is -0.395. The van der Waals surface area contributed by atoms with Crippen molar-refractivity contribution in [2.45, 2.75) is 221 Å². The molecule has 10 saturated carbocycles. The Balaban J connectivity index is 0.869. The normalized spacial score (nSPS) is 49.2. The molecule has 462 valence electrons. The minimum absolute atomic E-state index is 0.0725. The summed E-state index contributed by atoms with van der Waals surface area (Å²) in [6.45, 7) is 2.33. The van der Waals surface area contributed by atoms with Crippen LogP contribution in [0, 0.1) is 110 Å². The predicted molar refractivity (Wildman–Crippen MR) is 330 cm³/mol. The van der Waals surface area contributed by atoms with E-state index in [0.717, 1.165) is 118 Å². The van der Waals surface area contributed by atoms with Crippen LogP contribution in [0.5, 0.6) is 0 Å². The van der Waals surface area contributed by atoms with Gasteiger partial charge in [-0.05, 0) is 247 Å². The molecular weight excluding hydrogens is 1080 g/mol. The zero-order chi connectivity index (χ0) is 59.2. The summed E-state index contributed by atoms with van der Waals surface area (Å²) in [5, 5.41) is 75.6. The molecule has 12 aliphatic carbocycles. The summed E-state index contributed by atoms with van der Waals surface area (Å²) in [6, 6.07) is 26.3. The summed E-state index contributed by atoms with van der Waals surface area (Å²) >= 11 is 0. The van der Waals surface area contributed by atoms with Gasteiger partial charge in [-0.3, -0.25) is 0 Å². The number of fused-ring (bicyclic) bond motifs is 12. The predicted octanol–water partition coefficient (Wildman–Crippen LogP) is 10.9. The average Bonchev–Trinajstić information content (AvgIpc) is 1.63. The number of carbonyl (C=O) groups is 2. The summed E-state index contributed by atoms with van der Waals surface area (Å²) in [5.41, 5.74) is -1.84. The van der Waals surface area contributed by atoms with E-state index in [1.54, 1.807) is 6.08 Å². The van der Waals surface area contributed by atoms with Crippen LogP contribution in [0.3, 0.4) is 0 Å². The number of hydrogen-bond acceptors (Lipinski definition) is 10. The van der Waals surface area contributed by atoms with Crippen LogP contribution in [-0.4, -0.2) is 92.1 Å². The lowest BCUT2D eigenvalue weighted by Crippen LogP contribution is -2.87. The van der Waals surface area contributed by atoms with Gasteiger partial charge in [0.05, 0.1) is 35.9 Å². The van der Waals surface area contributed by atoms with E-state index < -0.39 is 68.4 Å². The van der Waals surface area contributed by atoms with Crippen LogP contribution in [-0.2, 0) is 44.9 Å². The molecule has 15 aliphatic rings. The maximum atomic E-state index is 16.1. The van der Waals surface area contributed by atoms with Gasteiger partial charge in [0.15, 0.2) is 0 Å². The van der Waals surface area contributed by atoms with Crippen LogP contribution in [0.2, 0.25) is 0 Å². The van der Waals surface area contributed by atoms with Crippen molar-refractivity contribution in [3.63, 3.8) is 0 Å². The van der Waals surface area contributed by atoms with Gasteiger partial charge >= 0.3 is 5.97 Å². The molecule has 3 aromatic carbocycles. The van der Waals surface area contributed by atoms with Crippen LogP contribution in [0.4, 0.5) is 0 Å². The van der Waals surface area contributed by atoms with E-state index in [1.807, 2.05) is 19.2 Å². The third-order valence-corrected chi connectivity index (χ3v) is 29.8. The highest BCUT2D eigenvalue weighted by Gasteiger charge is 2.88. The Morgan fingerprint density at radius 3 is 2.33 bits per heavy atom. The zero-order valence-corrected chi connectivity index (χ0v) is 51.6. The molecule has 11 fully saturated rings. The highest BCUT2D eigenvalue weighted by molar-refractivity contribution is 5.86. The number of hydrogen-bond donors (Lipinski definition) is 6. The SMILES string of the molecule is CNC1Cc2c(cccc2CO)C#CC2(CCCC2)CC23CCC4C5(C=O)CC67C(CC8Cc9cccc(c9)CC9CCC(C9)C(C)C9CCC(C6O8)C5(O)C(C9)C(O)C4(O)C2(O)CC2CC1C1OC(=O)C=C1C23)CC1CC(c2ccccc2)CCC17. The van der Waals surface area contributed by atoms with Crippen molar-refractivity contribution in [1.82, 2.24) is 5.32 Å². The number of esters is 1. The molecule has 0 aromatic heterocycles. The smallest absolute Gasteiger partial charge is 0.331 e. The van der Waals surface area contributed by atoms with Gasteiger partial charge in [0.25, 0.3) is 0 Å². The van der Waals surface area contributed by atoms with Gasteiger partial charge in [-0.2, -0.15) is 0 Å². The Morgan fingerprint density at radius 1 is 0.747 bits per heavy atom. The second-order valence-corrected chi connectivity index (χ2v) is 32.6. The summed E-state index contributed by atoms with van der Waals surface area (Å²) < 4.78 is 14.6. The molecule has 10 heteroatoms. The van der Waals surface area contributed by atoms with E-state index in [1.165, 1.54) is 23.1 Å². The minimum atomic E-state index is -2.23. The Hall–Kier alpha value is -4.18. The first-order chi connectivity index (χ1) is 42.1. The van der Waals surface area contributed by atoms with Crippen molar-refractivity contribution in [1.29, 1.82) is 0 Å². The average molecular weight is 1180 g/mol. The maximum absolute atomic E-state index is 16.1. The van der Waals surface area contributed by atoms with Gasteiger partial charge in [0.2, 0.25) is 0 Å². The Morgan fingerprint density at radius 2 is 1.53 bits per heavy atom. The maximum Gasteiger partial charge on any atom is 0.331 e. The Labute approximate surface area is 515 Å². The topological polar surface area (TPSA) is 166 Å². The first-order valence-corrected chi connectivity index (χ1v) is 35.1. The quantitative estimate of drug-likeness (QED) is 0.0841. The molecule has 25 unspecified atom stereocenters. The van der Waals surface area contributed by atoms with Gasteiger partial charge in [0.1, 0.15) is 23.6 Å². The fourth-order valence-electron chi connectivity index (χ4n) is 26.7. The van der Waals surface area contributed by atoms with Crippen molar-refractivity contribution in [3.8, 4) is 11.8 Å². The number of ether oxygens (including phenoxy) is 2. The van der Waals surface area contributed by atoms with Gasteiger partial charge in [-0.1, -0.05) is 98.3 Å². The lowest BCUT2D eigenvalue weighted by atomic mass is 9.31. The molecule has 0 radical (unpaired) electrons. The van der Waals surface area contributed by atoms with Crippen molar-refractivity contribution in [3.05, 3.63) is 118 Å². The molecule has 10 nitrogen and oxygen atoms in total. The molecule has 12 bridgehead atoms. The molecule has 3 aliphatic heterocycles. The van der Waals surface area contributed by atoms with Gasteiger partial charge < -0.3 is 45.1 Å². The Bertz CT molecular complexity index is 3340. The van der Waals surface area contributed by atoms with E-state index in [9.17, 15) is 15.0 Å². The summed E-state index contributed by atoms with van der Waals surface area (Å²) in [7, 11) is 1.97. The number of aliphatic hydroxyl groups is 5. The van der Waals surface area contributed by atoms with Crippen LogP contribution in [0.25, 0.3) is 0 Å². The first-order valence-electron chi connectivity index (χ1n) is 35.1. The fourth-order valence-corrected chi connectivity index (χ4v) is 26.7. The standard InChI is InChI=1S/C77H95NO9/c1-44-50-17-16-47(30-50)29-45-10-8-11-46(28-45)31-57-36-56-33-54-32-52(48-12-4-3-5-13-48)19-20-61(54)74(56)42-73(43-80)65-23-27-72-41-71(24-6-7-25-71)26-22-49-14-9-15-53(40-79)58(49)37-64(78-2)59-34-55(67(72)60-38-66(81)87-68(59)60)39-75(72,83)77(65,85)69(82)63-35-51(44)18-21-62(70(74)86-57)76(63,73)84/h3-5,8-15,28,38,43-44,47,50-52,54-57,59,61-65,67-70,78-79,82-85H,6-7,16-21,23-25,27,29-37,39-42H2,1-2H3. The number of benzene rings is 3. The largest absolute Gasteiger partial charge is 0.454 e.